The van der Waals surface area contributed by atoms with Crippen LogP contribution < -0.4 is 9.47 Å². The maximum Gasteiger partial charge on any atom is 0.153 e. The second kappa shape index (κ2) is 10.1. The van der Waals surface area contributed by atoms with Crippen LogP contribution in [0.5, 0.6) is 11.5 Å². The van der Waals surface area contributed by atoms with Crippen molar-refractivity contribution < 1.29 is 9.47 Å². The van der Waals surface area contributed by atoms with Gasteiger partial charge >= 0.3 is 0 Å². The Balaban J connectivity index is 1.41. The Labute approximate surface area is 194 Å². The van der Waals surface area contributed by atoms with E-state index in [0.29, 0.717) is 6.61 Å². The third-order valence-electron chi connectivity index (χ3n) is 5.56. The second-order valence-corrected chi connectivity index (χ2v) is 8.49. The van der Waals surface area contributed by atoms with Gasteiger partial charge in [-0.05, 0) is 81.1 Å². The predicted octanol–water partition coefficient (Wildman–Crippen LogP) is 7.31. The van der Waals surface area contributed by atoms with Gasteiger partial charge in [0.1, 0.15) is 11.5 Å². The first-order chi connectivity index (χ1) is 15.5. The standard InChI is InChI=1S/C27H29ClN2O2/c1-19-17-23(18-20(2)26(19)28)31-16-10-9-15-30-25-14-8-7-13-24(25)29-27(30)21(3)32-22-11-5-4-6-12-22/h4-8,11-14,17-18,21H,9-10,15-16H2,1-3H3. The average Bonchev–Trinajstić information content (AvgIpc) is 3.16. The first-order valence-electron chi connectivity index (χ1n) is 11.1. The number of fused-ring (bicyclic) bond motifs is 1. The minimum absolute atomic E-state index is 0.152. The fourth-order valence-corrected chi connectivity index (χ4v) is 4.06. The van der Waals surface area contributed by atoms with Gasteiger partial charge in [0.25, 0.3) is 0 Å². The smallest absolute Gasteiger partial charge is 0.153 e. The lowest BCUT2D eigenvalue weighted by molar-refractivity contribution is 0.211. The molecule has 1 aromatic heterocycles. The maximum atomic E-state index is 6.26. The minimum Gasteiger partial charge on any atom is -0.494 e. The summed E-state index contributed by atoms with van der Waals surface area (Å²) >= 11 is 6.26. The van der Waals surface area contributed by atoms with E-state index in [0.717, 1.165) is 63.9 Å². The first-order valence-corrected chi connectivity index (χ1v) is 11.5. The van der Waals surface area contributed by atoms with Crippen molar-refractivity contribution in [3.8, 4) is 11.5 Å². The Morgan fingerprint density at radius 3 is 2.34 bits per heavy atom. The van der Waals surface area contributed by atoms with Crippen LogP contribution in [0.3, 0.4) is 0 Å². The number of hydrogen-bond donors (Lipinski definition) is 0. The monoisotopic (exact) mass is 448 g/mol. The Morgan fingerprint density at radius 2 is 1.59 bits per heavy atom. The number of ether oxygens (including phenoxy) is 2. The molecule has 0 aliphatic carbocycles. The summed E-state index contributed by atoms with van der Waals surface area (Å²) in [5, 5.41) is 0.809. The van der Waals surface area contributed by atoms with E-state index in [2.05, 4.69) is 29.7 Å². The molecule has 0 bridgehead atoms. The molecule has 4 rings (SSSR count). The zero-order chi connectivity index (χ0) is 22.5. The third-order valence-corrected chi connectivity index (χ3v) is 6.15. The van der Waals surface area contributed by atoms with Gasteiger partial charge in [0.2, 0.25) is 0 Å². The van der Waals surface area contributed by atoms with Crippen molar-refractivity contribution in [2.45, 2.75) is 46.3 Å². The molecule has 4 nitrogen and oxygen atoms in total. The third kappa shape index (κ3) is 5.08. The van der Waals surface area contributed by atoms with Gasteiger partial charge in [0, 0.05) is 11.6 Å². The van der Waals surface area contributed by atoms with Gasteiger partial charge in [-0.2, -0.15) is 0 Å². The van der Waals surface area contributed by atoms with Crippen LogP contribution in [0.25, 0.3) is 11.0 Å². The van der Waals surface area contributed by atoms with Crippen molar-refractivity contribution in [1.82, 2.24) is 9.55 Å². The number of aromatic nitrogens is 2. The van der Waals surface area contributed by atoms with Gasteiger partial charge in [-0.15, -0.1) is 0 Å². The van der Waals surface area contributed by atoms with E-state index < -0.39 is 0 Å². The minimum atomic E-state index is -0.152. The van der Waals surface area contributed by atoms with Gasteiger partial charge in [-0.1, -0.05) is 41.9 Å². The molecular weight excluding hydrogens is 420 g/mol. The van der Waals surface area contributed by atoms with Crippen LogP contribution >= 0.6 is 11.6 Å². The molecular formula is C27H29ClN2O2. The molecule has 32 heavy (non-hydrogen) atoms. The van der Waals surface area contributed by atoms with Crippen molar-refractivity contribution in [1.29, 1.82) is 0 Å². The van der Waals surface area contributed by atoms with Crippen molar-refractivity contribution in [2.75, 3.05) is 6.61 Å². The van der Waals surface area contributed by atoms with Crippen LogP contribution in [0.15, 0.2) is 66.7 Å². The van der Waals surface area contributed by atoms with Crippen LogP contribution in [-0.2, 0) is 6.54 Å². The van der Waals surface area contributed by atoms with E-state index in [4.69, 9.17) is 26.1 Å². The van der Waals surface area contributed by atoms with E-state index in [1.54, 1.807) is 0 Å². The summed E-state index contributed by atoms with van der Waals surface area (Å²) < 4.78 is 14.4. The summed E-state index contributed by atoms with van der Waals surface area (Å²) in [7, 11) is 0. The molecule has 0 fully saturated rings. The topological polar surface area (TPSA) is 36.3 Å². The molecule has 0 spiro atoms. The number of hydrogen-bond acceptors (Lipinski definition) is 3. The first kappa shape index (κ1) is 22.2. The van der Waals surface area contributed by atoms with Crippen molar-refractivity contribution in [2.24, 2.45) is 0 Å². The lowest BCUT2D eigenvalue weighted by atomic mass is 10.1. The van der Waals surface area contributed by atoms with Crippen LogP contribution in [0, 0.1) is 13.8 Å². The summed E-state index contributed by atoms with van der Waals surface area (Å²) in [4.78, 5) is 4.88. The molecule has 0 aliphatic rings. The second-order valence-electron chi connectivity index (χ2n) is 8.11. The van der Waals surface area contributed by atoms with Crippen molar-refractivity contribution >= 4 is 22.6 Å². The lowest BCUT2D eigenvalue weighted by Gasteiger charge is -2.17. The number of halogens is 1. The van der Waals surface area contributed by atoms with Gasteiger partial charge in [0.15, 0.2) is 11.9 Å². The molecule has 166 valence electrons. The zero-order valence-electron chi connectivity index (χ0n) is 18.8. The quantitative estimate of drug-likeness (QED) is 0.252. The van der Waals surface area contributed by atoms with Gasteiger partial charge < -0.3 is 14.0 Å². The summed E-state index contributed by atoms with van der Waals surface area (Å²) in [6.07, 6.45) is 1.78. The number of benzene rings is 3. The highest BCUT2D eigenvalue weighted by atomic mass is 35.5. The van der Waals surface area contributed by atoms with Crippen molar-refractivity contribution in [3.63, 3.8) is 0 Å². The highest BCUT2D eigenvalue weighted by Crippen LogP contribution is 2.27. The summed E-state index contributed by atoms with van der Waals surface area (Å²) in [5.74, 6) is 2.67. The van der Waals surface area contributed by atoms with Gasteiger partial charge in [-0.3, -0.25) is 0 Å². The maximum absolute atomic E-state index is 6.26. The number of rotatable bonds is 9. The van der Waals surface area contributed by atoms with E-state index in [9.17, 15) is 0 Å². The largest absolute Gasteiger partial charge is 0.494 e. The fourth-order valence-electron chi connectivity index (χ4n) is 3.95. The summed E-state index contributed by atoms with van der Waals surface area (Å²) in [6.45, 7) is 7.59. The molecule has 4 aromatic rings. The SMILES string of the molecule is Cc1cc(OCCCCn2c(C(C)Oc3ccccc3)nc3ccccc32)cc(C)c1Cl. The van der Waals surface area contributed by atoms with Gasteiger partial charge in [0.05, 0.1) is 17.6 Å². The molecule has 1 unspecified atom stereocenters. The lowest BCUT2D eigenvalue weighted by Crippen LogP contribution is -2.12. The highest BCUT2D eigenvalue weighted by Gasteiger charge is 2.18. The van der Waals surface area contributed by atoms with Crippen molar-refractivity contribution in [3.05, 3.63) is 88.7 Å². The molecule has 0 amide bonds. The number of para-hydroxylation sites is 3. The fraction of sp³-hybridized carbons (Fsp3) is 0.296. The Bertz CT molecular complexity index is 1160. The Hall–Kier alpha value is -2.98. The molecule has 0 aliphatic heterocycles. The number of nitrogens with zero attached hydrogens (tertiary/aromatic N) is 2. The molecule has 1 atom stereocenters. The highest BCUT2D eigenvalue weighted by molar-refractivity contribution is 6.32. The van der Waals surface area contributed by atoms with Gasteiger partial charge in [-0.25, -0.2) is 4.98 Å². The van der Waals surface area contributed by atoms with Crippen LogP contribution in [0.1, 0.15) is 42.8 Å². The molecule has 3 aromatic carbocycles. The predicted molar refractivity (Wildman–Crippen MR) is 131 cm³/mol. The molecule has 0 saturated carbocycles. The Morgan fingerprint density at radius 1 is 0.906 bits per heavy atom. The van der Waals surface area contributed by atoms with E-state index in [-0.39, 0.29) is 6.10 Å². The van der Waals surface area contributed by atoms with Crippen LogP contribution in [-0.4, -0.2) is 16.2 Å². The molecule has 0 N–H and O–H groups in total. The average molecular weight is 449 g/mol. The van der Waals surface area contributed by atoms with E-state index in [1.807, 2.05) is 62.4 Å². The molecule has 0 radical (unpaired) electrons. The molecule has 0 saturated heterocycles. The summed E-state index contributed by atoms with van der Waals surface area (Å²) in [5.41, 5.74) is 4.22. The van der Waals surface area contributed by atoms with E-state index in [1.165, 1.54) is 0 Å². The van der Waals surface area contributed by atoms with Crippen LogP contribution in [0.4, 0.5) is 0 Å². The Kier molecular flexibility index (Phi) is 7.01. The van der Waals surface area contributed by atoms with E-state index >= 15 is 0 Å². The molecule has 5 heteroatoms. The number of unbranched alkanes of at least 4 members (excludes halogenated alkanes) is 1. The zero-order valence-corrected chi connectivity index (χ0v) is 19.6. The van der Waals surface area contributed by atoms with Crippen LogP contribution in [0.2, 0.25) is 5.02 Å². The number of imidazole rings is 1. The summed E-state index contributed by atoms with van der Waals surface area (Å²) in [6, 6.07) is 22.2. The normalized spacial score (nSPS) is 12.1. The molecule has 1 heterocycles. The number of aryl methyl sites for hydroxylation is 3.